The fraction of sp³-hybridized carbons (Fsp3) is 0.938. The summed E-state index contributed by atoms with van der Waals surface area (Å²) in [6.45, 7) is 14.2. The van der Waals surface area contributed by atoms with E-state index in [1.807, 2.05) is 6.92 Å². The molecule has 4 nitrogen and oxygen atoms in total. The van der Waals surface area contributed by atoms with Gasteiger partial charge in [-0.3, -0.25) is 10.1 Å². The van der Waals surface area contributed by atoms with Crippen LogP contribution in [0.5, 0.6) is 0 Å². The van der Waals surface area contributed by atoms with E-state index >= 15 is 0 Å². The minimum atomic E-state index is -0.570. The molecule has 0 amide bonds. The van der Waals surface area contributed by atoms with Crippen LogP contribution in [-0.4, -0.2) is 49.2 Å². The van der Waals surface area contributed by atoms with Crippen molar-refractivity contribution in [3.63, 3.8) is 0 Å². The van der Waals surface area contributed by atoms with Gasteiger partial charge < -0.3 is 9.64 Å². The van der Waals surface area contributed by atoms with Gasteiger partial charge in [0.05, 0.1) is 7.11 Å². The van der Waals surface area contributed by atoms with Crippen molar-refractivity contribution >= 4 is 5.97 Å². The van der Waals surface area contributed by atoms with Gasteiger partial charge in [0.15, 0.2) is 0 Å². The molecule has 1 rings (SSSR count). The van der Waals surface area contributed by atoms with Crippen molar-refractivity contribution in [3.8, 4) is 0 Å². The van der Waals surface area contributed by atoms with Crippen LogP contribution >= 0.6 is 0 Å². The molecule has 3 atom stereocenters. The van der Waals surface area contributed by atoms with Crippen molar-refractivity contribution in [2.45, 2.75) is 59.0 Å². The van der Waals surface area contributed by atoms with Gasteiger partial charge in [-0.05, 0) is 52.0 Å². The summed E-state index contributed by atoms with van der Waals surface area (Å²) >= 11 is 0. The maximum absolute atomic E-state index is 12.0. The molecule has 0 spiro atoms. The molecule has 0 saturated carbocycles. The molecule has 1 fully saturated rings. The Labute approximate surface area is 124 Å². The quantitative estimate of drug-likeness (QED) is 0.728. The molecule has 20 heavy (non-hydrogen) atoms. The van der Waals surface area contributed by atoms with E-state index in [-0.39, 0.29) is 12.0 Å². The van der Waals surface area contributed by atoms with Crippen LogP contribution < -0.4 is 5.32 Å². The number of carbonyl (C=O) groups is 1. The smallest absolute Gasteiger partial charge is 0.325 e. The Kier molecular flexibility index (Phi) is 6.46. The Balaban J connectivity index is 2.45. The second kappa shape index (κ2) is 7.41. The molecule has 118 valence electrons. The molecule has 0 aromatic carbocycles. The standard InChI is InChI=1S/C16H32N2O2/c1-12(2)17-16(5,15(19)20-6)8-7-9-18-10-13(3)14(4)11-18/h12-14,17H,7-11H2,1-6H3. The fourth-order valence-electron chi connectivity index (χ4n) is 3.18. The summed E-state index contributed by atoms with van der Waals surface area (Å²) in [7, 11) is 1.46. The first-order valence-electron chi connectivity index (χ1n) is 7.87. The predicted molar refractivity (Wildman–Crippen MR) is 82.7 cm³/mol. The fourth-order valence-corrected chi connectivity index (χ4v) is 3.18. The van der Waals surface area contributed by atoms with Gasteiger partial charge in [-0.15, -0.1) is 0 Å². The maximum Gasteiger partial charge on any atom is 0.325 e. The third kappa shape index (κ3) is 4.74. The number of methoxy groups -OCH3 is 1. The van der Waals surface area contributed by atoms with Gasteiger partial charge in [-0.2, -0.15) is 0 Å². The van der Waals surface area contributed by atoms with Gasteiger partial charge in [-0.25, -0.2) is 0 Å². The first kappa shape index (κ1) is 17.4. The molecule has 4 heteroatoms. The van der Waals surface area contributed by atoms with Crippen molar-refractivity contribution in [3.05, 3.63) is 0 Å². The molecule has 0 radical (unpaired) electrons. The molecular formula is C16H32N2O2. The minimum Gasteiger partial charge on any atom is -0.468 e. The molecule has 1 N–H and O–H groups in total. The van der Waals surface area contributed by atoms with Gasteiger partial charge in [0.25, 0.3) is 0 Å². The second-order valence-electron chi connectivity index (χ2n) is 6.94. The molecule has 0 aromatic rings. The van der Waals surface area contributed by atoms with Crippen LogP contribution in [0.15, 0.2) is 0 Å². The van der Waals surface area contributed by atoms with Crippen molar-refractivity contribution < 1.29 is 9.53 Å². The highest BCUT2D eigenvalue weighted by molar-refractivity contribution is 5.80. The number of rotatable bonds is 7. The first-order valence-corrected chi connectivity index (χ1v) is 7.87. The van der Waals surface area contributed by atoms with Gasteiger partial charge in [0, 0.05) is 19.1 Å². The highest BCUT2D eigenvalue weighted by Crippen LogP contribution is 2.23. The van der Waals surface area contributed by atoms with E-state index in [9.17, 15) is 4.79 Å². The zero-order valence-electron chi connectivity index (χ0n) is 14.0. The van der Waals surface area contributed by atoms with Crippen LogP contribution in [0, 0.1) is 11.8 Å². The maximum atomic E-state index is 12.0. The van der Waals surface area contributed by atoms with E-state index in [0.717, 1.165) is 31.2 Å². The lowest BCUT2D eigenvalue weighted by atomic mass is 9.94. The summed E-state index contributed by atoms with van der Waals surface area (Å²) < 4.78 is 4.96. The number of esters is 1. The van der Waals surface area contributed by atoms with Gasteiger partial charge in [-0.1, -0.05) is 13.8 Å². The lowest BCUT2D eigenvalue weighted by Crippen LogP contribution is -2.53. The predicted octanol–water partition coefficient (Wildman–Crippen LogP) is 2.28. The monoisotopic (exact) mass is 284 g/mol. The molecule has 1 saturated heterocycles. The number of nitrogens with one attached hydrogen (secondary N) is 1. The minimum absolute atomic E-state index is 0.158. The molecule has 3 unspecified atom stereocenters. The van der Waals surface area contributed by atoms with E-state index in [0.29, 0.717) is 0 Å². The Morgan fingerprint density at radius 1 is 1.35 bits per heavy atom. The Hall–Kier alpha value is -0.610. The zero-order chi connectivity index (χ0) is 15.3. The van der Waals surface area contributed by atoms with Crippen molar-refractivity contribution in [1.29, 1.82) is 0 Å². The third-order valence-electron chi connectivity index (χ3n) is 4.46. The summed E-state index contributed by atoms with van der Waals surface area (Å²) in [5.41, 5.74) is -0.570. The molecule has 0 aliphatic carbocycles. The number of hydrogen-bond donors (Lipinski definition) is 1. The number of ether oxygens (including phenoxy) is 1. The summed E-state index contributed by atoms with van der Waals surface area (Å²) in [5, 5.41) is 3.36. The van der Waals surface area contributed by atoms with Crippen LogP contribution in [0.25, 0.3) is 0 Å². The average molecular weight is 284 g/mol. The van der Waals surface area contributed by atoms with Gasteiger partial charge in [0.2, 0.25) is 0 Å². The van der Waals surface area contributed by atoms with Crippen molar-refractivity contribution in [1.82, 2.24) is 10.2 Å². The van der Waals surface area contributed by atoms with E-state index < -0.39 is 5.54 Å². The zero-order valence-corrected chi connectivity index (χ0v) is 14.0. The molecule has 0 bridgehead atoms. The van der Waals surface area contributed by atoms with E-state index in [1.54, 1.807) is 0 Å². The van der Waals surface area contributed by atoms with Crippen LogP contribution in [0.4, 0.5) is 0 Å². The largest absolute Gasteiger partial charge is 0.468 e. The van der Waals surface area contributed by atoms with Gasteiger partial charge >= 0.3 is 5.97 Å². The van der Waals surface area contributed by atoms with E-state index in [4.69, 9.17) is 4.74 Å². The summed E-state index contributed by atoms with van der Waals surface area (Å²) in [4.78, 5) is 14.5. The van der Waals surface area contributed by atoms with E-state index in [1.165, 1.54) is 20.2 Å². The molecular weight excluding hydrogens is 252 g/mol. The van der Waals surface area contributed by atoms with Crippen LogP contribution in [-0.2, 0) is 9.53 Å². The third-order valence-corrected chi connectivity index (χ3v) is 4.46. The van der Waals surface area contributed by atoms with Crippen LogP contribution in [0.1, 0.15) is 47.5 Å². The summed E-state index contributed by atoms with van der Waals surface area (Å²) in [5.74, 6) is 1.42. The second-order valence-corrected chi connectivity index (χ2v) is 6.94. The summed E-state index contributed by atoms with van der Waals surface area (Å²) in [6.07, 6.45) is 1.84. The highest BCUT2D eigenvalue weighted by atomic mass is 16.5. The highest BCUT2D eigenvalue weighted by Gasteiger charge is 2.34. The van der Waals surface area contributed by atoms with Gasteiger partial charge in [0.1, 0.15) is 5.54 Å². The Morgan fingerprint density at radius 3 is 2.35 bits per heavy atom. The van der Waals surface area contributed by atoms with Crippen LogP contribution in [0.2, 0.25) is 0 Å². The topological polar surface area (TPSA) is 41.6 Å². The normalized spacial score (nSPS) is 26.8. The molecule has 0 aromatic heterocycles. The number of likely N-dealkylation sites (tertiary alicyclic amines) is 1. The number of nitrogens with zero attached hydrogens (tertiary/aromatic N) is 1. The molecule has 1 heterocycles. The van der Waals surface area contributed by atoms with Crippen molar-refractivity contribution in [2.24, 2.45) is 11.8 Å². The average Bonchev–Trinajstić information content (AvgIpc) is 2.66. The molecule has 1 aliphatic heterocycles. The first-order chi connectivity index (χ1) is 9.28. The lowest BCUT2D eigenvalue weighted by Gasteiger charge is -2.31. The molecule has 1 aliphatic rings. The Morgan fingerprint density at radius 2 is 1.90 bits per heavy atom. The summed E-state index contributed by atoms with van der Waals surface area (Å²) in [6, 6.07) is 0.269. The number of hydrogen-bond acceptors (Lipinski definition) is 4. The van der Waals surface area contributed by atoms with E-state index in [2.05, 4.69) is 37.9 Å². The van der Waals surface area contributed by atoms with Crippen molar-refractivity contribution in [2.75, 3.05) is 26.7 Å². The number of carbonyl (C=O) groups excluding carboxylic acids is 1. The lowest BCUT2D eigenvalue weighted by molar-refractivity contribution is -0.148. The Bertz CT molecular complexity index is 310. The van der Waals surface area contributed by atoms with Crippen LogP contribution in [0.3, 0.4) is 0 Å². The SMILES string of the molecule is COC(=O)C(C)(CCCN1CC(C)C(C)C1)NC(C)C.